The summed E-state index contributed by atoms with van der Waals surface area (Å²) in [7, 11) is 1.66. The molecule has 1 amide bonds. The Morgan fingerprint density at radius 3 is 2.08 bits per heavy atom. The lowest BCUT2D eigenvalue weighted by Gasteiger charge is -2.35. The number of halogens is 4. The Hall–Kier alpha value is -3.88. The van der Waals surface area contributed by atoms with E-state index in [2.05, 4.69) is 9.73 Å². The second-order valence-corrected chi connectivity index (χ2v) is 8.30. The molecule has 1 fully saturated rings. The number of likely N-dealkylation sites (tertiary alicyclic amines) is 1. The van der Waals surface area contributed by atoms with Crippen molar-refractivity contribution in [3.05, 3.63) is 95.3 Å². The molecule has 3 aromatic carbocycles. The van der Waals surface area contributed by atoms with Gasteiger partial charge < -0.3 is 14.4 Å². The molecular formula is C27H24F4N2O3. The molecule has 36 heavy (non-hydrogen) atoms. The molecule has 9 heteroatoms. The largest absolute Gasteiger partial charge is 0.573 e. The van der Waals surface area contributed by atoms with Crippen LogP contribution >= 0.6 is 0 Å². The Morgan fingerprint density at radius 2 is 1.53 bits per heavy atom. The van der Waals surface area contributed by atoms with E-state index in [0.29, 0.717) is 36.3 Å². The molecule has 4 rings (SSSR count). The van der Waals surface area contributed by atoms with Crippen molar-refractivity contribution in [3.8, 4) is 11.5 Å². The number of ether oxygens (including phenoxy) is 2. The number of rotatable bonds is 8. The number of hydrogen-bond acceptors (Lipinski definition) is 4. The summed E-state index contributed by atoms with van der Waals surface area (Å²) in [6.07, 6.45) is -2.91. The van der Waals surface area contributed by atoms with E-state index < -0.39 is 24.3 Å². The van der Waals surface area contributed by atoms with Crippen molar-refractivity contribution in [2.45, 2.75) is 31.3 Å². The van der Waals surface area contributed by atoms with E-state index in [1.54, 1.807) is 42.4 Å². The molecule has 0 spiro atoms. The van der Waals surface area contributed by atoms with Crippen molar-refractivity contribution in [2.75, 3.05) is 13.6 Å². The first-order valence-corrected chi connectivity index (χ1v) is 11.3. The summed E-state index contributed by atoms with van der Waals surface area (Å²) in [5.41, 5.74) is 2.03. The fourth-order valence-corrected chi connectivity index (χ4v) is 4.24. The smallest absolute Gasteiger partial charge is 0.483 e. The van der Waals surface area contributed by atoms with Crippen LogP contribution < -0.4 is 9.47 Å². The highest BCUT2D eigenvalue weighted by molar-refractivity contribution is 5.79. The molecule has 1 unspecified atom stereocenters. The summed E-state index contributed by atoms with van der Waals surface area (Å²) in [5, 5.41) is 0. The number of carbonyl (C=O) groups is 1. The maximum Gasteiger partial charge on any atom is 0.573 e. The Bertz CT molecular complexity index is 1190. The third-order valence-electron chi connectivity index (χ3n) is 5.81. The minimum absolute atomic E-state index is 0.0792. The van der Waals surface area contributed by atoms with Crippen molar-refractivity contribution < 1.29 is 31.8 Å². The Balaban J connectivity index is 1.76. The van der Waals surface area contributed by atoms with Gasteiger partial charge in [-0.15, -0.1) is 13.2 Å². The highest BCUT2D eigenvalue weighted by Crippen LogP contribution is 2.40. The second-order valence-electron chi connectivity index (χ2n) is 8.30. The lowest BCUT2D eigenvalue weighted by atomic mass is 9.94. The first-order chi connectivity index (χ1) is 17.2. The van der Waals surface area contributed by atoms with Crippen molar-refractivity contribution in [1.82, 2.24) is 4.90 Å². The number of benzene rings is 3. The van der Waals surface area contributed by atoms with Crippen LogP contribution in [0.5, 0.6) is 11.5 Å². The van der Waals surface area contributed by atoms with Crippen LogP contribution in [0.25, 0.3) is 0 Å². The maximum atomic E-state index is 13.7. The molecule has 1 heterocycles. The number of carbonyl (C=O) groups excluding carboxylic acids is 1. The second kappa shape index (κ2) is 10.8. The highest BCUT2D eigenvalue weighted by atomic mass is 19.4. The number of amides is 1. The summed E-state index contributed by atoms with van der Waals surface area (Å²) < 4.78 is 62.1. The highest BCUT2D eigenvalue weighted by Gasteiger charge is 2.37. The van der Waals surface area contributed by atoms with Crippen LogP contribution in [0.15, 0.2) is 77.8 Å². The maximum absolute atomic E-state index is 13.7. The molecule has 3 aromatic rings. The van der Waals surface area contributed by atoms with Gasteiger partial charge in [-0.3, -0.25) is 9.79 Å². The van der Waals surface area contributed by atoms with Crippen molar-refractivity contribution >= 4 is 12.1 Å². The standard InChI is InChI=1S/C27H24F4N2O3/c1-32-17-18-4-12-22(13-5-18)35-26(20-8-14-23(15-9-20)36-27(29,30)31)25(33-16-2-3-24(33)34)19-6-10-21(28)11-7-19/h4-15,17,25-26H,2-3,16H2,1H3/t25-,26?/m0/s1. The van der Waals surface area contributed by atoms with E-state index in [-0.39, 0.29) is 11.7 Å². The SMILES string of the molecule is CN=Cc1ccc(OC(c2ccc(OC(F)(F)F)cc2)[C@H](c2ccc(F)cc2)N2CCCC2=O)cc1. The van der Waals surface area contributed by atoms with E-state index in [0.717, 1.165) is 5.56 Å². The van der Waals surface area contributed by atoms with Crippen molar-refractivity contribution in [2.24, 2.45) is 4.99 Å². The molecule has 0 aliphatic carbocycles. The molecule has 188 valence electrons. The van der Waals surface area contributed by atoms with Gasteiger partial charge in [-0.25, -0.2) is 4.39 Å². The van der Waals surface area contributed by atoms with Crippen LogP contribution in [0.1, 0.15) is 41.7 Å². The summed E-state index contributed by atoms with van der Waals surface area (Å²) in [5.74, 6) is -0.389. The van der Waals surface area contributed by atoms with Crippen LogP contribution in [0.2, 0.25) is 0 Å². The Morgan fingerprint density at radius 1 is 0.917 bits per heavy atom. The fraction of sp³-hybridized carbons (Fsp3) is 0.259. The topological polar surface area (TPSA) is 51.1 Å². The van der Waals surface area contributed by atoms with Gasteiger partial charge in [-0.2, -0.15) is 0 Å². The van der Waals surface area contributed by atoms with Gasteiger partial charge in [0.15, 0.2) is 0 Å². The predicted molar refractivity (Wildman–Crippen MR) is 127 cm³/mol. The van der Waals surface area contributed by atoms with Crippen molar-refractivity contribution in [3.63, 3.8) is 0 Å². The third-order valence-corrected chi connectivity index (χ3v) is 5.81. The number of aliphatic imine (C=N–C) groups is 1. The minimum Gasteiger partial charge on any atom is -0.483 e. The molecule has 1 saturated heterocycles. The van der Waals surface area contributed by atoms with Gasteiger partial charge in [0.2, 0.25) is 5.91 Å². The normalized spacial score (nSPS) is 15.8. The molecule has 5 nitrogen and oxygen atoms in total. The number of hydrogen-bond donors (Lipinski definition) is 0. The van der Waals surface area contributed by atoms with Gasteiger partial charge >= 0.3 is 6.36 Å². The van der Waals surface area contributed by atoms with E-state index in [1.807, 2.05) is 12.1 Å². The number of alkyl halides is 3. The molecule has 1 aliphatic rings. The van der Waals surface area contributed by atoms with Crippen LogP contribution in [-0.2, 0) is 4.79 Å². The first kappa shape index (κ1) is 25.2. The zero-order valence-corrected chi connectivity index (χ0v) is 19.4. The van der Waals surface area contributed by atoms with E-state index in [9.17, 15) is 22.4 Å². The fourth-order valence-electron chi connectivity index (χ4n) is 4.24. The Kier molecular flexibility index (Phi) is 7.57. The third kappa shape index (κ3) is 6.21. The summed E-state index contributed by atoms with van der Waals surface area (Å²) in [6.45, 7) is 0.474. The molecule has 0 radical (unpaired) electrons. The average molecular weight is 500 g/mol. The van der Waals surface area contributed by atoms with Gasteiger partial charge in [0.25, 0.3) is 0 Å². The average Bonchev–Trinajstić information content (AvgIpc) is 3.26. The summed E-state index contributed by atoms with van der Waals surface area (Å²) in [4.78, 5) is 18.5. The zero-order valence-electron chi connectivity index (χ0n) is 19.4. The first-order valence-electron chi connectivity index (χ1n) is 11.3. The van der Waals surface area contributed by atoms with Gasteiger partial charge in [0.1, 0.15) is 23.4 Å². The van der Waals surface area contributed by atoms with Gasteiger partial charge in [-0.05, 0) is 71.6 Å². The minimum atomic E-state index is -4.82. The monoisotopic (exact) mass is 500 g/mol. The molecular weight excluding hydrogens is 476 g/mol. The van der Waals surface area contributed by atoms with Gasteiger partial charge in [0, 0.05) is 26.2 Å². The lowest BCUT2D eigenvalue weighted by molar-refractivity contribution is -0.274. The zero-order chi connectivity index (χ0) is 25.7. The molecule has 0 bridgehead atoms. The van der Waals surface area contributed by atoms with E-state index in [4.69, 9.17) is 4.74 Å². The molecule has 0 saturated carbocycles. The van der Waals surface area contributed by atoms with Crippen LogP contribution in [-0.4, -0.2) is 37.0 Å². The van der Waals surface area contributed by atoms with Crippen LogP contribution in [0, 0.1) is 5.82 Å². The van der Waals surface area contributed by atoms with E-state index >= 15 is 0 Å². The summed E-state index contributed by atoms with van der Waals surface area (Å²) in [6, 6.07) is 17.6. The van der Waals surface area contributed by atoms with Crippen LogP contribution in [0.4, 0.5) is 17.6 Å². The molecule has 2 atom stereocenters. The predicted octanol–water partition coefficient (Wildman–Crippen LogP) is 6.26. The number of nitrogens with zero attached hydrogens (tertiary/aromatic N) is 2. The quantitative estimate of drug-likeness (QED) is 0.271. The Labute approximate surface area is 206 Å². The van der Waals surface area contributed by atoms with Crippen LogP contribution in [0.3, 0.4) is 0 Å². The van der Waals surface area contributed by atoms with Gasteiger partial charge in [0.05, 0.1) is 6.04 Å². The van der Waals surface area contributed by atoms with Gasteiger partial charge in [-0.1, -0.05) is 24.3 Å². The van der Waals surface area contributed by atoms with E-state index in [1.165, 1.54) is 36.4 Å². The molecule has 1 aliphatic heterocycles. The molecule has 0 N–H and O–H groups in total. The summed E-state index contributed by atoms with van der Waals surface area (Å²) >= 11 is 0. The lowest BCUT2D eigenvalue weighted by Crippen LogP contribution is -2.36. The van der Waals surface area contributed by atoms with Crippen molar-refractivity contribution in [1.29, 1.82) is 0 Å². The molecule has 0 aromatic heterocycles.